The predicted molar refractivity (Wildman–Crippen MR) is 261 cm³/mol. The van der Waals surface area contributed by atoms with Gasteiger partial charge in [0.25, 0.3) is 23.6 Å². The van der Waals surface area contributed by atoms with Gasteiger partial charge in [-0.3, -0.25) is 44.4 Å². The first-order valence-corrected chi connectivity index (χ1v) is 23.1. The van der Waals surface area contributed by atoms with Gasteiger partial charge < -0.3 is 33.6 Å². The third-order valence-corrected chi connectivity index (χ3v) is 10.7. The topological polar surface area (TPSA) is 275 Å². The van der Waals surface area contributed by atoms with E-state index in [9.17, 15) is 33.6 Å². The van der Waals surface area contributed by atoms with Crippen LogP contribution in [-0.4, -0.2) is 89.9 Å². The Bertz CT molecular complexity index is 2920. The lowest BCUT2D eigenvalue weighted by Gasteiger charge is -2.14. The summed E-state index contributed by atoms with van der Waals surface area (Å²) >= 11 is 0. The second-order valence-electron chi connectivity index (χ2n) is 15.8. The number of allylic oxidation sites excluding steroid dienone is 3. The number of carbonyl (C=O) groups is 7. The van der Waals surface area contributed by atoms with Gasteiger partial charge in [0.05, 0.1) is 36.9 Å². The van der Waals surface area contributed by atoms with Gasteiger partial charge >= 0.3 is 5.97 Å². The van der Waals surface area contributed by atoms with Crippen LogP contribution in [0.1, 0.15) is 137 Å². The number of aromatic nitrogens is 5. The van der Waals surface area contributed by atoms with E-state index in [1.54, 1.807) is 54.2 Å². The fourth-order valence-corrected chi connectivity index (χ4v) is 7.41. The summed E-state index contributed by atoms with van der Waals surface area (Å²) in [5, 5.41) is 6.22. The minimum atomic E-state index is -0.814. The molecule has 0 aliphatic carbocycles. The molecule has 0 bridgehead atoms. The Hall–Kier alpha value is -7.97. The zero-order valence-electron chi connectivity index (χ0n) is 41.2. The van der Waals surface area contributed by atoms with Crippen molar-refractivity contribution < 1.29 is 52.3 Å². The fourth-order valence-electron chi connectivity index (χ4n) is 7.41. The monoisotopic (exact) mass is 964 g/mol. The molecule has 0 radical (unpaired) electrons. The Morgan fingerprint density at radius 2 is 1.41 bits per heavy atom. The van der Waals surface area contributed by atoms with Crippen molar-refractivity contribution in [3.63, 3.8) is 0 Å². The Morgan fingerprint density at radius 3 is 1.97 bits per heavy atom. The third kappa shape index (κ3) is 12.2. The lowest BCUT2D eigenvalue weighted by molar-refractivity contribution is -0.197. The highest BCUT2D eigenvalue weighted by atomic mass is 16.7. The van der Waals surface area contributed by atoms with Crippen LogP contribution >= 0.6 is 0 Å². The number of oxazole rings is 1. The number of ether oxygens (including phenoxy) is 2. The molecule has 0 atom stereocenters. The number of fused-ring (bicyclic) bond motifs is 2. The normalized spacial score (nSPS) is 12.7. The molecule has 0 spiro atoms. The number of ketones is 1. The highest BCUT2D eigenvalue weighted by Crippen LogP contribution is 2.34. The molecule has 2 aromatic carbocycles. The highest BCUT2D eigenvalue weighted by molar-refractivity contribution is 6.06. The van der Waals surface area contributed by atoms with Crippen molar-refractivity contribution >= 4 is 81.0 Å². The van der Waals surface area contributed by atoms with Gasteiger partial charge in [-0.2, -0.15) is 0 Å². The Labute approximate surface area is 404 Å². The lowest BCUT2D eigenvalue weighted by atomic mass is 10.1. The van der Waals surface area contributed by atoms with E-state index in [-0.39, 0.29) is 92.1 Å². The van der Waals surface area contributed by atoms with E-state index in [2.05, 4.69) is 20.6 Å². The van der Waals surface area contributed by atoms with Crippen molar-refractivity contribution in [3.05, 3.63) is 76.2 Å². The van der Waals surface area contributed by atoms with Gasteiger partial charge in [0.1, 0.15) is 22.5 Å². The molecule has 1 saturated heterocycles. The van der Waals surface area contributed by atoms with Crippen molar-refractivity contribution in [2.24, 2.45) is 10.7 Å². The smallest absolute Gasteiger partial charge is 0.333 e. The van der Waals surface area contributed by atoms with Crippen LogP contribution in [0.5, 0.6) is 11.5 Å². The number of hydrogen-bond donors (Lipinski definition) is 3. The number of carbonyl (C=O) groups excluding carboxylic acids is 7. The lowest BCUT2D eigenvalue weighted by Crippen LogP contribution is -2.32. The number of rotatable bonds is 21. The van der Waals surface area contributed by atoms with Crippen molar-refractivity contribution in [2.45, 2.75) is 120 Å². The summed E-state index contributed by atoms with van der Waals surface area (Å²) in [5.74, 6) is -2.93. The van der Waals surface area contributed by atoms with Gasteiger partial charge in [-0.1, -0.05) is 46.8 Å². The Morgan fingerprint density at radius 1 is 0.829 bits per heavy atom. The molecule has 4 heterocycles. The number of imide groups is 1. The second-order valence-corrected chi connectivity index (χ2v) is 15.8. The number of nitrogens with one attached hydrogen (secondary N) is 2. The van der Waals surface area contributed by atoms with E-state index in [1.807, 2.05) is 41.5 Å². The van der Waals surface area contributed by atoms with E-state index in [0.29, 0.717) is 68.6 Å². The number of methoxy groups -OCH3 is 1. The third-order valence-electron chi connectivity index (χ3n) is 10.7. The van der Waals surface area contributed by atoms with Crippen LogP contribution in [-0.2, 0) is 43.5 Å². The van der Waals surface area contributed by atoms with E-state index in [1.165, 1.54) is 19.2 Å². The number of primary amides is 1. The number of nitrogens with zero attached hydrogens (tertiary/aromatic N) is 7. The van der Waals surface area contributed by atoms with Crippen molar-refractivity contribution in [2.75, 3.05) is 24.4 Å². The number of aryl methyl sites for hydroxylation is 2. The van der Waals surface area contributed by atoms with Crippen LogP contribution in [0.15, 0.2) is 57.1 Å². The predicted octanol–water partition coefficient (Wildman–Crippen LogP) is 7.35. The summed E-state index contributed by atoms with van der Waals surface area (Å²) in [6.45, 7) is 16.5. The summed E-state index contributed by atoms with van der Waals surface area (Å²) in [6.07, 6.45) is 4.51. The maximum absolute atomic E-state index is 13.9. The number of hydrogen-bond acceptors (Lipinski definition) is 15. The number of benzene rings is 2. The molecule has 6 rings (SSSR count). The first-order chi connectivity index (χ1) is 33.5. The number of hydroxylamine groups is 2. The minimum Gasteiger partial charge on any atom is -0.494 e. The Balaban J connectivity index is 0.00000450. The van der Waals surface area contributed by atoms with Crippen LogP contribution in [0.3, 0.4) is 0 Å². The molecule has 3 aromatic heterocycles. The van der Waals surface area contributed by atoms with Crippen LogP contribution in [0.25, 0.3) is 22.1 Å². The molecule has 372 valence electrons. The zero-order chi connectivity index (χ0) is 51.4. The maximum atomic E-state index is 13.9. The van der Waals surface area contributed by atoms with Gasteiger partial charge in [0.2, 0.25) is 23.6 Å². The van der Waals surface area contributed by atoms with Gasteiger partial charge in [0.15, 0.2) is 11.7 Å². The zero-order valence-corrected chi connectivity index (χ0v) is 41.2. The molecular weight excluding hydrogens is 905 g/mol. The minimum absolute atomic E-state index is 0.0369. The van der Waals surface area contributed by atoms with Crippen molar-refractivity contribution in [1.82, 2.24) is 29.1 Å². The molecule has 21 heteroatoms. The number of amides is 5. The molecule has 1 aliphatic rings. The van der Waals surface area contributed by atoms with Gasteiger partial charge in [-0.15, -0.1) is 5.06 Å². The fraction of sp³-hybridized carbons (Fsp3) is 0.408. The van der Waals surface area contributed by atoms with Crippen molar-refractivity contribution in [1.29, 1.82) is 0 Å². The first-order valence-electron chi connectivity index (χ1n) is 23.1. The average molecular weight is 965 g/mol. The van der Waals surface area contributed by atoms with Gasteiger partial charge in [0, 0.05) is 67.4 Å². The molecule has 5 aromatic rings. The number of aliphatic imine (C=N–C) groups is 1. The molecular formula is C49H60N10O11. The Kier molecular flexibility index (Phi) is 18.1. The van der Waals surface area contributed by atoms with Crippen LogP contribution in [0, 0.1) is 6.92 Å². The molecule has 21 nitrogen and oxygen atoms in total. The molecule has 70 heavy (non-hydrogen) atoms. The van der Waals surface area contributed by atoms with Crippen LogP contribution in [0.4, 0.5) is 11.9 Å². The quantitative estimate of drug-likeness (QED) is 0.0162. The number of imidazole rings is 2. The molecule has 1 fully saturated rings. The molecule has 1 aliphatic heterocycles. The number of anilines is 2. The number of nitrogens with two attached hydrogens (primary N) is 1. The van der Waals surface area contributed by atoms with Crippen molar-refractivity contribution in [3.8, 4) is 11.5 Å². The van der Waals surface area contributed by atoms with Crippen LogP contribution < -0.4 is 25.8 Å². The molecule has 0 unspecified atom stereocenters. The SMILES string of the molecule is CC.CCC(=O)c1cc(OC)c2c(c1)nc(NC(=O)c1oc(C)nc1CC)n2C/C=C/Cn1c(NC(=O)/C(C)=C(\CC)N=C(C)C)nc2cc(C(N)=O)cc(OCCCC(=O)ON3C(=O)CCC3=O)c21. The maximum Gasteiger partial charge on any atom is 0.333 e. The van der Waals surface area contributed by atoms with Gasteiger partial charge in [-0.05, 0) is 64.3 Å². The molecule has 5 amide bonds. The summed E-state index contributed by atoms with van der Waals surface area (Å²) in [7, 11) is 1.47. The standard InChI is InChI=1S/C47H54N10O11.C2H6/c1-9-30(49-25(4)5)26(6)44(63)53-46-52-33-22-29(43(48)62)24-36(66-20-14-15-39(61)68-57-37(59)16-17-38(57)60)41(33)56(46)19-13-12-18-55-40-32(21-28(34(58)11-3)23-35(40)65-8)51-47(55)54-45(64)42-31(10-2)50-27(7)67-42;1-2/h12-13,21-24H,9-11,14-20H2,1-8H3,(H2,48,62)(H,51,54,64)(H,52,53,63);1-2H3/b13-12+,30-26+;. The summed E-state index contributed by atoms with van der Waals surface area (Å²) in [5.41, 5.74) is 9.80. The van der Waals surface area contributed by atoms with E-state index in [4.69, 9.17) is 34.4 Å². The van der Waals surface area contributed by atoms with Gasteiger partial charge in [-0.25, -0.2) is 19.7 Å². The summed E-state index contributed by atoms with van der Waals surface area (Å²) in [4.78, 5) is 113. The number of Topliss-reactive ketones (excluding diaryl/α,β-unsaturated/α-hetero) is 1. The largest absolute Gasteiger partial charge is 0.494 e. The summed E-state index contributed by atoms with van der Waals surface area (Å²) < 4.78 is 21.0. The molecule has 4 N–H and O–H groups in total. The summed E-state index contributed by atoms with van der Waals surface area (Å²) in [6, 6.07) is 6.14. The van der Waals surface area contributed by atoms with Crippen LogP contribution in [0.2, 0.25) is 0 Å². The molecule has 0 saturated carbocycles. The first kappa shape index (κ1) is 53.0. The highest BCUT2D eigenvalue weighted by Gasteiger charge is 2.33. The van der Waals surface area contributed by atoms with E-state index < -0.39 is 35.5 Å². The average Bonchev–Trinajstić information content (AvgIpc) is 4.09. The van der Waals surface area contributed by atoms with E-state index in [0.717, 1.165) is 5.71 Å². The second kappa shape index (κ2) is 23.8. The van der Waals surface area contributed by atoms with E-state index >= 15 is 0 Å².